The normalized spacial score (nSPS) is 25.0. The molecule has 0 saturated heterocycles. The van der Waals surface area contributed by atoms with Crippen molar-refractivity contribution >= 4 is 10.1 Å². The monoisotopic (exact) mass is 268 g/mol. The van der Waals surface area contributed by atoms with Gasteiger partial charge in [0, 0.05) is 0 Å². The van der Waals surface area contributed by atoms with E-state index in [-0.39, 0.29) is 11.0 Å². The van der Waals surface area contributed by atoms with E-state index in [1.165, 1.54) is 6.42 Å². The number of aryl methyl sites for hydroxylation is 1. The molecule has 0 radical (unpaired) electrons. The van der Waals surface area contributed by atoms with Crippen LogP contribution in [-0.2, 0) is 14.3 Å². The highest BCUT2D eigenvalue weighted by atomic mass is 32.2. The zero-order chi connectivity index (χ0) is 13.2. The average Bonchev–Trinajstić information content (AvgIpc) is 2.29. The summed E-state index contributed by atoms with van der Waals surface area (Å²) in [5, 5.41) is 0. The van der Waals surface area contributed by atoms with Crippen LogP contribution in [0.4, 0.5) is 0 Å². The van der Waals surface area contributed by atoms with Gasteiger partial charge in [-0.25, -0.2) is 0 Å². The number of hydrogen-bond acceptors (Lipinski definition) is 3. The summed E-state index contributed by atoms with van der Waals surface area (Å²) in [6.07, 6.45) is 3.75. The molecule has 100 valence electrons. The zero-order valence-corrected chi connectivity index (χ0v) is 11.7. The van der Waals surface area contributed by atoms with Crippen molar-refractivity contribution in [3.8, 4) is 0 Å². The molecule has 0 amide bonds. The summed E-state index contributed by atoms with van der Waals surface area (Å²) in [7, 11) is -3.60. The lowest BCUT2D eigenvalue weighted by Crippen LogP contribution is -2.24. The molecule has 2 rings (SSSR count). The lowest BCUT2D eigenvalue weighted by atomic mass is 9.89. The number of hydrogen-bond donors (Lipinski definition) is 0. The molecule has 1 saturated carbocycles. The van der Waals surface area contributed by atoms with Crippen molar-refractivity contribution in [2.24, 2.45) is 5.92 Å². The summed E-state index contributed by atoms with van der Waals surface area (Å²) in [4.78, 5) is 0.256. The van der Waals surface area contributed by atoms with Gasteiger partial charge < -0.3 is 0 Å². The van der Waals surface area contributed by atoms with Gasteiger partial charge in [-0.3, -0.25) is 4.18 Å². The van der Waals surface area contributed by atoms with Gasteiger partial charge in [0.05, 0.1) is 11.0 Å². The average molecular weight is 268 g/mol. The largest absolute Gasteiger partial charge is 0.297 e. The maximum absolute atomic E-state index is 12.1. The van der Waals surface area contributed by atoms with Crippen LogP contribution in [0, 0.1) is 12.8 Å². The molecule has 0 aliphatic heterocycles. The van der Waals surface area contributed by atoms with Gasteiger partial charge in [-0.2, -0.15) is 8.42 Å². The van der Waals surface area contributed by atoms with Crippen LogP contribution in [0.2, 0.25) is 0 Å². The van der Waals surface area contributed by atoms with Gasteiger partial charge in [-0.05, 0) is 37.8 Å². The second kappa shape index (κ2) is 5.41. The van der Waals surface area contributed by atoms with E-state index in [1.54, 1.807) is 24.3 Å². The van der Waals surface area contributed by atoms with Crippen LogP contribution in [0.3, 0.4) is 0 Å². The molecule has 1 aliphatic carbocycles. The minimum atomic E-state index is -3.60. The van der Waals surface area contributed by atoms with E-state index >= 15 is 0 Å². The van der Waals surface area contributed by atoms with Crippen molar-refractivity contribution in [2.45, 2.75) is 50.5 Å². The molecule has 0 heterocycles. The molecule has 0 N–H and O–H groups in total. The fourth-order valence-electron chi connectivity index (χ4n) is 2.41. The fraction of sp³-hybridized carbons (Fsp3) is 0.571. The van der Waals surface area contributed by atoms with E-state index in [4.69, 9.17) is 4.18 Å². The van der Waals surface area contributed by atoms with Crippen molar-refractivity contribution in [2.75, 3.05) is 0 Å². The molecule has 1 fully saturated rings. The van der Waals surface area contributed by atoms with Crippen LogP contribution in [0.5, 0.6) is 0 Å². The maximum atomic E-state index is 12.1. The summed E-state index contributed by atoms with van der Waals surface area (Å²) in [6, 6.07) is 6.80. The predicted molar refractivity (Wildman–Crippen MR) is 70.9 cm³/mol. The lowest BCUT2D eigenvalue weighted by Gasteiger charge is -2.26. The number of rotatable bonds is 3. The van der Waals surface area contributed by atoms with Crippen molar-refractivity contribution in [1.29, 1.82) is 0 Å². The second-order valence-corrected chi connectivity index (χ2v) is 6.83. The Morgan fingerprint density at radius 3 is 2.44 bits per heavy atom. The standard InChI is InChI=1S/C14H20O3S/c1-11-6-8-14(9-7-11)18(15,16)17-13-5-3-4-12(2)10-13/h6-9,12-13H,3-5,10H2,1-2H3/t12-,13+/m1/s1. The predicted octanol–water partition coefficient (Wildman–Crippen LogP) is 3.28. The minimum Gasteiger partial charge on any atom is -0.263 e. The zero-order valence-electron chi connectivity index (χ0n) is 10.9. The third-order valence-corrected chi connectivity index (χ3v) is 4.84. The smallest absolute Gasteiger partial charge is 0.263 e. The van der Waals surface area contributed by atoms with Gasteiger partial charge in [-0.15, -0.1) is 0 Å². The second-order valence-electron chi connectivity index (χ2n) is 5.26. The van der Waals surface area contributed by atoms with Crippen LogP contribution in [0.1, 0.15) is 38.2 Å². The molecular weight excluding hydrogens is 248 g/mol. The molecular formula is C14H20O3S. The molecule has 1 aromatic carbocycles. The highest BCUT2D eigenvalue weighted by molar-refractivity contribution is 7.86. The Morgan fingerprint density at radius 1 is 1.17 bits per heavy atom. The molecule has 3 nitrogen and oxygen atoms in total. The molecule has 0 aromatic heterocycles. The van der Waals surface area contributed by atoms with Crippen LogP contribution in [0.15, 0.2) is 29.2 Å². The van der Waals surface area contributed by atoms with E-state index in [0.29, 0.717) is 5.92 Å². The van der Waals surface area contributed by atoms with E-state index in [2.05, 4.69) is 6.92 Å². The first-order chi connectivity index (χ1) is 8.47. The molecule has 0 bridgehead atoms. The highest BCUT2D eigenvalue weighted by Crippen LogP contribution is 2.28. The first kappa shape index (κ1) is 13.6. The van der Waals surface area contributed by atoms with Crippen LogP contribution < -0.4 is 0 Å². The van der Waals surface area contributed by atoms with E-state index < -0.39 is 10.1 Å². The van der Waals surface area contributed by atoms with Crippen molar-refractivity contribution in [3.05, 3.63) is 29.8 Å². The lowest BCUT2D eigenvalue weighted by molar-refractivity contribution is 0.136. The highest BCUT2D eigenvalue weighted by Gasteiger charge is 2.26. The Kier molecular flexibility index (Phi) is 4.07. The Hall–Kier alpha value is -0.870. The van der Waals surface area contributed by atoms with E-state index in [0.717, 1.165) is 24.8 Å². The summed E-state index contributed by atoms with van der Waals surface area (Å²) in [6.45, 7) is 4.08. The SMILES string of the molecule is Cc1ccc(S(=O)(=O)O[C@H]2CCC[C@@H](C)C2)cc1. The summed E-state index contributed by atoms with van der Waals surface area (Å²) in [5.41, 5.74) is 1.04. The van der Waals surface area contributed by atoms with Crippen LogP contribution in [0.25, 0.3) is 0 Å². The topological polar surface area (TPSA) is 43.4 Å². The molecule has 1 aromatic rings. The maximum Gasteiger partial charge on any atom is 0.297 e. The molecule has 4 heteroatoms. The summed E-state index contributed by atoms with van der Waals surface area (Å²) >= 11 is 0. The third-order valence-electron chi connectivity index (χ3n) is 3.46. The van der Waals surface area contributed by atoms with Crippen molar-refractivity contribution in [1.82, 2.24) is 0 Å². The summed E-state index contributed by atoms with van der Waals surface area (Å²) in [5.74, 6) is 0.553. The van der Waals surface area contributed by atoms with Crippen LogP contribution in [-0.4, -0.2) is 14.5 Å². The first-order valence-electron chi connectivity index (χ1n) is 6.47. The Bertz CT molecular complexity index is 490. The summed E-state index contributed by atoms with van der Waals surface area (Å²) < 4.78 is 29.5. The molecule has 2 atom stereocenters. The minimum absolute atomic E-state index is 0.153. The van der Waals surface area contributed by atoms with Crippen LogP contribution >= 0.6 is 0 Å². The van der Waals surface area contributed by atoms with Gasteiger partial charge in [0.2, 0.25) is 0 Å². The Morgan fingerprint density at radius 2 is 1.83 bits per heavy atom. The number of benzene rings is 1. The Balaban J connectivity index is 2.09. The van der Waals surface area contributed by atoms with Crippen molar-refractivity contribution < 1.29 is 12.6 Å². The third kappa shape index (κ3) is 3.33. The van der Waals surface area contributed by atoms with Gasteiger partial charge in [-0.1, -0.05) is 37.5 Å². The molecule has 18 heavy (non-hydrogen) atoms. The molecule has 0 spiro atoms. The first-order valence-corrected chi connectivity index (χ1v) is 7.88. The van der Waals surface area contributed by atoms with Gasteiger partial charge in [0.25, 0.3) is 10.1 Å². The quantitative estimate of drug-likeness (QED) is 0.790. The van der Waals surface area contributed by atoms with Gasteiger partial charge >= 0.3 is 0 Å². The van der Waals surface area contributed by atoms with Gasteiger partial charge in [0.1, 0.15) is 0 Å². The van der Waals surface area contributed by atoms with Gasteiger partial charge in [0.15, 0.2) is 0 Å². The van der Waals surface area contributed by atoms with E-state index in [1.807, 2.05) is 6.92 Å². The fourth-order valence-corrected chi connectivity index (χ4v) is 3.52. The van der Waals surface area contributed by atoms with E-state index in [9.17, 15) is 8.42 Å². The Labute approximate surface area is 109 Å². The van der Waals surface area contributed by atoms with Crippen molar-refractivity contribution in [3.63, 3.8) is 0 Å². The molecule has 1 aliphatic rings. The molecule has 0 unspecified atom stereocenters.